The predicted molar refractivity (Wildman–Crippen MR) is 74.4 cm³/mol. The molecule has 1 fully saturated rings. The Kier molecular flexibility index (Phi) is 3.96. The van der Waals surface area contributed by atoms with E-state index < -0.39 is 15.8 Å². The number of hydrogen-bond donors (Lipinski definition) is 2. The van der Waals surface area contributed by atoms with Crippen LogP contribution in [0.25, 0.3) is 0 Å². The molecule has 1 aliphatic heterocycles. The van der Waals surface area contributed by atoms with Gasteiger partial charge in [0, 0.05) is 18.3 Å². The molecule has 1 aromatic carbocycles. The molecule has 0 amide bonds. The normalized spacial score (nSPS) is 20.5. The van der Waals surface area contributed by atoms with Gasteiger partial charge in [0.1, 0.15) is 5.82 Å². The molecule has 0 aromatic heterocycles. The molecule has 19 heavy (non-hydrogen) atoms. The Balaban J connectivity index is 2.12. The van der Waals surface area contributed by atoms with Gasteiger partial charge in [0.2, 0.25) is 10.0 Å². The van der Waals surface area contributed by atoms with Crippen LogP contribution < -0.4 is 10.0 Å². The Bertz CT molecular complexity index is 562. The minimum Gasteiger partial charge on any atom is -0.381 e. The third-order valence-corrected chi connectivity index (χ3v) is 3.61. The maximum absolute atomic E-state index is 13.5. The number of nitrogens with zero attached hydrogens (tertiary/aromatic N) is 1. The fourth-order valence-corrected chi connectivity index (χ4v) is 2.74. The van der Waals surface area contributed by atoms with E-state index in [4.69, 9.17) is 0 Å². The second kappa shape index (κ2) is 5.34. The molecule has 1 aromatic rings. The number of anilines is 2. The SMILES string of the molecule is CN1CCC(Nc2ccc(F)c(NS(C)(=O)=O)c2)C1. The van der Waals surface area contributed by atoms with Gasteiger partial charge in [-0.05, 0) is 38.2 Å². The Labute approximate surface area is 112 Å². The monoisotopic (exact) mass is 287 g/mol. The van der Waals surface area contributed by atoms with Crippen LogP contribution in [0.4, 0.5) is 15.8 Å². The van der Waals surface area contributed by atoms with E-state index in [1.165, 1.54) is 12.1 Å². The van der Waals surface area contributed by atoms with Gasteiger partial charge in [0.05, 0.1) is 11.9 Å². The van der Waals surface area contributed by atoms with Crippen LogP contribution in [0.3, 0.4) is 0 Å². The Hall–Kier alpha value is -1.34. The van der Waals surface area contributed by atoms with E-state index in [1.54, 1.807) is 6.07 Å². The summed E-state index contributed by atoms with van der Waals surface area (Å²) in [5.74, 6) is -0.584. The number of likely N-dealkylation sites (N-methyl/N-ethyl adjacent to an activating group) is 1. The molecule has 0 radical (unpaired) electrons. The molecule has 0 spiro atoms. The van der Waals surface area contributed by atoms with Crippen molar-refractivity contribution in [2.24, 2.45) is 0 Å². The molecule has 0 aliphatic carbocycles. The average molecular weight is 287 g/mol. The first kappa shape index (κ1) is 14.1. The molecular weight excluding hydrogens is 269 g/mol. The standard InChI is InChI=1S/C12H18FN3O2S/c1-16-6-5-10(8-16)14-9-3-4-11(13)12(7-9)15-19(2,17)18/h3-4,7,10,14-15H,5-6,8H2,1-2H3. The summed E-state index contributed by atoms with van der Waals surface area (Å²) >= 11 is 0. The third-order valence-electron chi connectivity index (χ3n) is 3.02. The van der Waals surface area contributed by atoms with Crippen LogP contribution in [-0.2, 0) is 10.0 Å². The lowest BCUT2D eigenvalue weighted by atomic mass is 10.2. The van der Waals surface area contributed by atoms with Crippen LogP contribution >= 0.6 is 0 Å². The van der Waals surface area contributed by atoms with Gasteiger partial charge in [0.25, 0.3) is 0 Å². The first-order valence-corrected chi connectivity index (χ1v) is 7.95. The minimum absolute atomic E-state index is 0.0288. The first-order valence-electron chi connectivity index (χ1n) is 6.06. The lowest BCUT2D eigenvalue weighted by Gasteiger charge is -2.15. The third kappa shape index (κ3) is 4.07. The first-order chi connectivity index (χ1) is 8.83. The number of sulfonamides is 1. The summed E-state index contributed by atoms with van der Waals surface area (Å²) in [5.41, 5.74) is 0.687. The Morgan fingerprint density at radius 2 is 2.16 bits per heavy atom. The summed E-state index contributed by atoms with van der Waals surface area (Å²) < 4.78 is 38.0. The second-order valence-corrected chi connectivity index (χ2v) is 6.71. The minimum atomic E-state index is -3.48. The maximum atomic E-state index is 13.5. The lowest BCUT2D eigenvalue weighted by Crippen LogP contribution is -2.23. The van der Waals surface area contributed by atoms with Gasteiger partial charge in [-0.15, -0.1) is 0 Å². The van der Waals surface area contributed by atoms with Crippen molar-refractivity contribution < 1.29 is 12.8 Å². The van der Waals surface area contributed by atoms with E-state index in [1.807, 2.05) is 7.05 Å². The van der Waals surface area contributed by atoms with Crippen molar-refractivity contribution >= 4 is 21.4 Å². The van der Waals surface area contributed by atoms with Crippen molar-refractivity contribution in [2.45, 2.75) is 12.5 Å². The largest absolute Gasteiger partial charge is 0.381 e. The zero-order valence-electron chi connectivity index (χ0n) is 11.0. The summed E-state index contributed by atoms with van der Waals surface area (Å²) in [6.45, 7) is 1.94. The van der Waals surface area contributed by atoms with E-state index >= 15 is 0 Å². The van der Waals surface area contributed by atoms with Gasteiger partial charge in [-0.3, -0.25) is 4.72 Å². The molecule has 7 heteroatoms. The second-order valence-electron chi connectivity index (χ2n) is 4.96. The van der Waals surface area contributed by atoms with E-state index in [-0.39, 0.29) is 5.69 Å². The van der Waals surface area contributed by atoms with Crippen LogP contribution in [0.5, 0.6) is 0 Å². The van der Waals surface area contributed by atoms with Gasteiger partial charge in [-0.1, -0.05) is 0 Å². The van der Waals surface area contributed by atoms with Gasteiger partial charge >= 0.3 is 0 Å². The maximum Gasteiger partial charge on any atom is 0.229 e. The summed E-state index contributed by atoms with van der Waals surface area (Å²) in [7, 11) is -1.43. The van der Waals surface area contributed by atoms with E-state index in [9.17, 15) is 12.8 Å². The number of hydrogen-bond acceptors (Lipinski definition) is 4. The zero-order chi connectivity index (χ0) is 14.0. The van der Waals surface area contributed by atoms with Crippen LogP contribution in [0.15, 0.2) is 18.2 Å². The fraction of sp³-hybridized carbons (Fsp3) is 0.500. The topological polar surface area (TPSA) is 61.4 Å². The molecule has 106 valence electrons. The van der Waals surface area contributed by atoms with Crippen molar-refractivity contribution in [3.8, 4) is 0 Å². The highest BCUT2D eigenvalue weighted by atomic mass is 32.2. The molecule has 1 saturated heterocycles. The molecule has 0 saturated carbocycles. The molecule has 2 rings (SSSR count). The molecule has 1 heterocycles. The van der Waals surface area contributed by atoms with Gasteiger partial charge < -0.3 is 10.2 Å². The number of benzene rings is 1. The average Bonchev–Trinajstić information content (AvgIpc) is 2.67. The highest BCUT2D eigenvalue weighted by molar-refractivity contribution is 7.92. The van der Waals surface area contributed by atoms with E-state index in [0.717, 1.165) is 25.8 Å². The van der Waals surface area contributed by atoms with Crippen LogP contribution in [0.1, 0.15) is 6.42 Å². The van der Waals surface area contributed by atoms with Crippen molar-refractivity contribution in [1.29, 1.82) is 0 Å². The van der Waals surface area contributed by atoms with Crippen LogP contribution in [0.2, 0.25) is 0 Å². The predicted octanol–water partition coefficient (Wildman–Crippen LogP) is 1.31. The summed E-state index contributed by atoms with van der Waals surface area (Å²) in [4.78, 5) is 2.21. The molecular formula is C12H18FN3O2S. The van der Waals surface area contributed by atoms with Crippen molar-refractivity contribution in [2.75, 3.05) is 36.4 Å². The van der Waals surface area contributed by atoms with E-state index in [2.05, 4.69) is 14.9 Å². The Morgan fingerprint density at radius 3 is 2.74 bits per heavy atom. The lowest BCUT2D eigenvalue weighted by molar-refractivity contribution is 0.414. The number of halogens is 1. The van der Waals surface area contributed by atoms with Crippen molar-refractivity contribution in [1.82, 2.24) is 4.90 Å². The van der Waals surface area contributed by atoms with Crippen LogP contribution in [-0.4, -0.2) is 45.8 Å². The molecule has 1 unspecified atom stereocenters. The van der Waals surface area contributed by atoms with Crippen LogP contribution in [0, 0.1) is 5.82 Å². The molecule has 5 nitrogen and oxygen atoms in total. The van der Waals surface area contributed by atoms with Crippen molar-refractivity contribution in [3.05, 3.63) is 24.0 Å². The summed E-state index contributed by atoms with van der Waals surface area (Å²) in [6.07, 6.45) is 2.02. The molecule has 1 atom stereocenters. The smallest absolute Gasteiger partial charge is 0.229 e. The van der Waals surface area contributed by atoms with E-state index in [0.29, 0.717) is 11.7 Å². The Morgan fingerprint density at radius 1 is 1.42 bits per heavy atom. The highest BCUT2D eigenvalue weighted by Gasteiger charge is 2.19. The molecule has 2 N–H and O–H groups in total. The quantitative estimate of drug-likeness (QED) is 0.876. The molecule has 0 bridgehead atoms. The fourth-order valence-electron chi connectivity index (χ4n) is 2.18. The summed E-state index contributed by atoms with van der Waals surface area (Å²) in [5, 5.41) is 3.28. The summed E-state index contributed by atoms with van der Waals surface area (Å²) in [6, 6.07) is 4.66. The molecule has 1 aliphatic rings. The van der Waals surface area contributed by atoms with Crippen molar-refractivity contribution in [3.63, 3.8) is 0 Å². The number of rotatable bonds is 4. The zero-order valence-corrected chi connectivity index (χ0v) is 11.8. The van der Waals surface area contributed by atoms with Gasteiger partial charge in [-0.25, -0.2) is 12.8 Å². The number of likely N-dealkylation sites (tertiary alicyclic amines) is 1. The van der Waals surface area contributed by atoms with Gasteiger partial charge in [0.15, 0.2) is 0 Å². The van der Waals surface area contributed by atoms with Gasteiger partial charge in [-0.2, -0.15) is 0 Å². The highest BCUT2D eigenvalue weighted by Crippen LogP contribution is 2.22. The number of nitrogens with one attached hydrogen (secondary N) is 2.